The van der Waals surface area contributed by atoms with Gasteiger partial charge in [-0.1, -0.05) is 16.9 Å². The SMILES string of the molecule is Cc1cc(C)nc(S[C@H](C)C(=O)N(C)Cc2c(C)noc2C)n1. The van der Waals surface area contributed by atoms with E-state index in [0.717, 1.165) is 28.4 Å². The fourth-order valence-electron chi connectivity index (χ4n) is 2.31. The molecule has 0 saturated heterocycles. The van der Waals surface area contributed by atoms with Gasteiger partial charge in [-0.15, -0.1) is 0 Å². The lowest BCUT2D eigenvalue weighted by atomic mass is 10.2. The van der Waals surface area contributed by atoms with E-state index in [9.17, 15) is 4.79 Å². The topological polar surface area (TPSA) is 72.1 Å². The first-order valence-corrected chi connectivity index (χ1v) is 8.31. The van der Waals surface area contributed by atoms with Crippen molar-refractivity contribution in [3.05, 3.63) is 34.5 Å². The van der Waals surface area contributed by atoms with Crippen molar-refractivity contribution in [3.8, 4) is 0 Å². The number of nitrogens with zero attached hydrogens (tertiary/aromatic N) is 4. The molecule has 6 nitrogen and oxygen atoms in total. The van der Waals surface area contributed by atoms with Gasteiger partial charge in [-0.2, -0.15) is 0 Å². The predicted molar refractivity (Wildman–Crippen MR) is 89.3 cm³/mol. The van der Waals surface area contributed by atoms with Gasteiger partial charge in [-0.05, 0) is 40.7 Å². The number of aromatic nitrogens is 3. The van der Waals surface area contributed by atoms with Gasteiger partial charge >= 0.3 is 0 Å². The minimum absolute atomic E-state index is 0.0257. The van der Waals surface area contributed by atoms with E-state index < -0.39 is 0 Å². The summed E-state index contributed by atoms with van der Waals surface area (Å²) in [6, 6.07) is 1.92. The zero-order valence-electron chi connectivity index (χ0n) is 14.4. The first-order valence-electron chi connectivity index (χ1n) is 7.43. The number of hydrogen-bond acceptors (Lipinski definition) is 6. The van der Waals surface area contributed by atoms with Gasteiger partial charge in [0.05, 0.1) is 17.5 Å². The summed E-state index contributed by atoms with van der Waals surface area (Å²) < 4.78 is 5.15. The van der Waals surface area contributed by atoms with E-state index in [0.29, 0.717) is 11.7 Å². The Hall–Kier alpha value is -1.89. The van der Waals surface area contributed by atoms with Crippen molar-refractivity contribution < 1.29 is 9.32 Å². The second-order valence-electron chi connectivity index (χ2n) is 5.69. The summed E-state index contributed by atoms with van der Waals surface area (Å²) in [5.41, 5.74) is 3.59. The first kappa shape index (κ1) is 17.5. The molecule has 0 spiro atoms. The second-order valence-corrected chi connectivity index (χ2v) is 7.00. The fourth-order valence-corrected chi connectivity index (χ4v) is 3.30. The summed E-state index contributed by atoms with van der Waals surface area (Å²) in [6.45, 7) is 9.95. The molecule has 0 unspecified atom stereocenters. The predicted octanol–water partition coefficient (Wildman–Crippen LogP) is 2.84. The molecule has 0 aliphatic rings. The van der Waals surface area contributed by atoms with Gasteiger partial charge in [0, 0.05) is 24.0 Å². The minimum atomic E-state index is -0.262. The van der Waals surface area contributed by atoms with Crippen molar-refractivity contribution in [2.24, 2.45) is 0 Å². The molecule has 2 heterocycles. The Kier molecular flexibility index (Phi) is 5.41. The molecule has 0 aromatic carbocycles. The van der Waals surface area contributed by atoms with E-state index in [1.807, 2.05) is 40.7 Å². The molecular weight excluding hydrogens is 312 g/mol. The summed E-state index contributed by atoms with van der Waals surface area (Å²) in [7, 11) is 1.79. The third-order valence-corrected chi connectivity index (χ3v) is 4.49. The van der Waals surface area contributed by atoms with Gasteiger partial charge in [0.15, 0.2) is 5.16 Å². The van der Waals surface area contributed by atoms with Gasteiger partial charge < -0.3 is 9.42 Å². The van der Waals surface area contributed by atoms with E-state index in [1.165, 1.54) is 11.8 Å². The second kappa shape index (κ2) is 7.12. The quantitative estimate of drug-likeness (QED) is 0.618. The maximum Gasteiger partial charge on any atom is 0.235 e. The van der Waals surface area contributed by atoms with Crippen molar-refractivity contribution in [1.29, 1.82) is 0 Å². The van der Waals surface area contributed by atoms with Crippen LogP contribution in [-0.2, 0) is 11.3 Å². The van der Waals surface area contributed by atoms with E-state index >= 15 is 0 Å². The Morgan fingerprint density at radius 2 is 1.87 bits per heavy atom. The van der Waals surface area contributed by atoms with Crippen LogP contribution in [0.3, 0.4) is 0 Å². The van der Waals surface area contributed by atoms with Crippen LogP contribution in [0.5, 0.6) is 0 Å². The van der Waals surface area contributed by atoms with Crippen LogP contribution < -0.4 is 0 Å². The maximum atomic E-state index is 12.6. The van der Waals surface area contributed by atoms with Gasteiger partial charge in [0.1, 0.15) is 5.76 Å². The number of hydrogen-bond donors (Lipinski definition) is 0. The van der Waals surface area contributed by atoms with Crippen LogP contribution in [-0.4, -0.2) is 38.2 Å². The molecule has 1 amide bonds. The van der Waals surface area contributed by atoms with E-state index in [4.69, 9.17) is 4.52 Å². The van der Waals surface area contributed by atoms with E-state index in [2.05, 4.69) is 15.1 Å². The van der Waals surface area contributed by atoms with Gasteiger partial charge in [0.25, 0.3) is 0 Å². The molecule has 0 saturated carbocycles. The lowest BCUT2D eigenvalue weighted by molar-refractivity contribution is -0.129. The summed E-state index contributed by atoms with van der Waals surface area (Å²) in [6.07, 6.45) is 0. The van der Waals surface area contributed by atoms with Crippen LogP contribution in [0, 0.1) is 27.7 Å². The van der Waals surface area contributed by atoms with Crippen LogP contribution in [0.15, 0.2) is 15.7 Å². The van der Waals surface area contributed by atoms with Crippen molar-refractivity contribution in [2.75, 3.05) is 7.05 Å². The standard InChI is InChI=1S/C16H22N4O2S/c1-9-7-10(2)18-16(17-9)23-13(5)15(21)20(6)8-14-11(3)19-22-12(14)4/h7,13H,8H2,1-6H3/t13-/m1/s1. The molecular formula is C16H22N4O2S. The van der Waals surface area contributed by atoms with Crippen molar-refractivity contribution >= 4 is 17.7 Å². The van der Waals surface area contributed by atoms with Crippen LogP contribution in [0.4, 0.5) is 0 Å². The molecule has 0 aliphatic heterocycles. The van der Waals surface area contributed by atoms with E-state index in [-0.39, 0.29) is 11.2 Å². The molecule has 0 fully saturated rings. The summed E-state index contributed by atoms with van der Waals surface area (Å²) in [4.78, 5) is 23.0. The highest BCUT2D eigenvalue weighted by Crippen LogP contribution is 2.23. The number of carbonyl (C=O) groups excluding carboxylic acids is 1. The Morgan fingerprint density at radius 3 is 2.39 bits per heavy atom. The van der Waals surface area contributed by atoms with Gasteiger partial charge in [-0.25, -0.2) is 9.97 Å². The Morgan fingerprint density at radius 1 is 1.26 bits per heavy atom. The molecule has 2 aromatic rings. The zero-order valence-corrected chi connectivity index (χ0v) is 15.2. The maximum absolute atomic E-state index is 12.6. The van der Waals surface area contributed by atoms with Crippen molar-refractivity contribution in [1.82, 2.24) is 20.0 Å². The van der Waals surface area contributed by atoms with Crippen LogP contribution in [0.25, 0.3) is 0 Å². The van der Waals surface area contributed by atoms with Gasteiger partial charge in [0.2, 0.25) is 5.91 Å². The molecule has 0 bridgehead atoms. The molecule has 0 N–H and O–H groups in total. The number of aryl methyl sites for hydroxylation is 4. The van der Waals surface area contributed by atoms with Crippen LogP contribution in [0.2, 0.25) is 0 Å². The van der Waals surface area contributed by atoms with Gasteiger partial charge in [-0.3, -0.25) is 4.79 Å². The average Bonchev–Trinajstić information content (AvgIpc) is 2.77. The molecule has 7 heteroatoms. The highest BCUT2D eigenvalue weighted by atomic mass is 32.2. The number of thioether (sulfide) groups is 1. The zero-order chi connectivity index (χ0) is 17.1. The molecule has 2 aromatic heterocycles. The molecule has 23 heavy (non-hydrogen) atoms. The Balaban J connectivity index is 2.04. The first-order chi connectivity index (χ1) is 10.8. The highest BCUT2D eigenvalue weighted by molar-refractivity contribution is 8.00. The fraction of sp³-hybridized carbons (Fsp3) is 0.500. The normalized spacial score (nSPS) is 12.3. The molecule has 1 atom stereocenters. The number of amides is 1. The summed E-state index contributed by atoms with van der Waals surface area (Å²) in [5, 5.41) is 4.29. The largest absolute Gasteiger partial charge is 0.361 e. The van der Waals surface area contributed by atoms with Crippen molar-refractivity contribution in [2.45, 2.75) is 51.6 Å². The van der Waals surface area contributed by atoms with Crippen molar-refractivity contribution in [3.63, 3.8) is 0 Å². The monoisotopic (exact) mass is 334 g/mol. The number of rotatable bonds is 5. The third-order valence-electron chi connectivity index (χ3n) is 3.54. The summed E-state index contributed by atoms with van der Waals surface area (Å²) in [5.74, 6) is 0.776. The number of carbonyl (C=O) groups is 1. The smallest absolute Gasteiger partial charge is 0.235 e. The molecule has 2 rings (SSSR count). The lowest BCUT2D eigenvalue weighted by Gasteiger charge is -2.20. The Bertz CT molecular complexity index is 674. The Labute approximate surface area is 140 Å². The third kappa shape index (κ3) is 4.31. The summed E-state index contributed by atoms with van der Waals surface area (Å²) >= 11 is 1.38. The highest BCUT2D eigenvalue weighted by Gasteiger charge is 2.22. The molecule has 0 aliphatic carbocycles. The van der Waals surface area contributed by atoms with E-state index in [1.54, 1.807) is 11.9 Å². The lowest BCUT2D eigenvalue weighted by Crippen LogP contribution is -2.33. The minimum Gasteiger partial charge on any atom is -0.361 e. The molecule has 124 valence electrons. The average molecular weight is 334 g/mol. The van der Waals surface area contributed by atoms with Crippen LogP contribution >= 0.6 is 11.8 Å². The van der Waals surface area contributed by atoms with Crippen LogP contribution in [0.1, 0.15) is 35.3 Å². The molecule has 0 radical (unpaired) electrons.